The third-order valence-corrected chi connectivity index (χ3v) is 6.03. The first-order valence-corrected chi connectivity index (χ1v) is 10.6. The molecule has 0 saturated carbocycles. The summed E-state index contributed by atoms with van der Waals surface area (Å²) in [6, 6.07) is 6.10. The molecule has 5 heterocycles. The Morgan fingerprint density at radius 2 is 2.03 bits per heavy atom. The average Bonchev–Trinajstić information content (AvgIpc) is 3.45. The Morgan fingerprint density at radius 3 is 2.90 bits per heavy atom. The summed E-state index contributed by atoms with van der Waals surface area (Å²) in [5.74, 6) is -0.186. The van der Waals surface area contributed by atoms with Crippen molar-refractivity contribution in [1.82, 2.24) is 33.9 Å². The monoisotopic (exact) mass is 477 g/mol. The van der Waals surface area contributed by atoms with E-state index in [2.05, 4.69) is 42.4 Å². The second-order valence-electron chi connectivity index (χ2n) is 7.60. The molecule has 0 fully saturated rings. The lowest BCUT2D eigenvalue weighted by Crippen LogP contribution is -2.22. The summed E-state index contributed by atoms with van der Waals surface area (Å²) >= 11 is 3.54. The van der Waals surface area contributed by atoms with Gasteiger partial charge in [0.05, 0.1) is 48.1 Å². The maximum absolute atomic E-state index is 12.6. The fourth-order valence-corrected chi connectivity index (χ4v) is 3.85. The largest absolute Gasteiger partial charge is 0.346 e. The number of nitrogens with one attached hydrogen (secondary N) is 1. The molecule has 0 bridgehead atoms. The van der Waals surface area contributed by atoms with Crippen LogP contribution in [-0.2, 0) is 13.1 Å². The average molecular weight is 478 g/mol. The van der Waals surface area contributed by atoms with Crippen LogP contribution in [0.3, 0.4) is 0 Å². The Bertz CT molecular complexity index is 1390. The van der Waals surface area contributed by atoms with E-state index >= 15 is 0 Å². The highest BCUT2D eigenvalue weighted by atomic mass is 79.9. The number of halogens is 1. The second-order valence-corrected chi connectivity index (χ2v) is 8.45. The number of hydrogen-bond acceptors (Lipinski definition) is 4. The molecule has 9 heteroatoms. The number of carbonyl (C=O) groups excluding carboxylic acids is 1. The molecule has 0 spiro atoms. The van der Waals surface area contributed by atoms with Crippen LogP contribution in [-0.4, -0.2) is 34.5 Å². The number of aryl methyl sites for hydroxylation is 2. The maximum Gasteiger partial charge on any atom is 0.254 e. The number of fused-ring (bicyclic) bond motifs is 2. The van der Waals surface area contributed by atoms with Gasteiger partial charge in [-0.2, -0.15) is 5.10 Å². The first-order chi connectivity index (χ1) is 15.0. The van der Waals surface area contributed by atoms with Gasteiger partial charge in [0.1, 0.15) is 5.65 Å². The molecule has 0 saturated heterocycles. The van der Waals surface area contributed by atoms with Gasteiger partial charge in [0, 0.05) is 29.3 Å². The molecule has 0 aromatic carbocycles. The van der Waals surface area contributed by atoms with Crippen molar-refractivity contribution in [1.29, 1.82) is 0 Å². The maximum atomic E-state index is 12.6. The van der Waals surface area contributed by atoms with Crippen molar-refractivity contribution in [3.05, 3.63) is 88.1 Å². The molecule has 1 N–H and O–H groups in total. The van der Waals surface area contributed by atoms with E-state index in [1.54, 1.807) is 23.4 Å². The fraction of sp³-hybridized carbons (Fsp3) is 0.182. The number of nitrogens with zero attached hydrogens (tertiary/aromatic N) is 6. The molecule has 0 unspecified atom stereocenters. The Balaban J connectivity index is 1.27. The van der Waals surface area contributed by atoms with Crippen LogP contribution in [0.15, 0.2) is 60.0 Å². The lowest BCUT2D eigenvalue weighted by Gasteiger charge is -2.03. The van der Waals surface area contributed by atoms with Gasteiger partial charge >= 0.3 is 0 Å². The highest BCUT2D eigenvalue weighted by Gasteiger charge is 2.12. The number of amides is 1. The van der Waals surface area contributed by atoms with E-state index in [9.17, 15) is 4.79 Å². The minimum Gasteiger partial charge on any atom is -0.346 e. The van der Waals surface area contributed by atoms with Crippen LogP contribution in [0.5, 0.6) is 0 Å². The van der Waals surface area contributed by atoms with E-state index in [4.69, 9.17) is 0 Å². The van der Waals surface area contributed by atoms with Gasteiger partial charge in [-0.3, -0.25) is 9.48 Å². The summed E-state index contributed by atoms with van der Waals surface area (Å²) in [4.78, 5) is 21.7. The Hall–Kier alpha value is -3.46. The molecule has 0 atom stereocenters. The number of imidazole rings is 2. The van der Waals surface area contributed by atoms with Crippen molar-refractivity contribution in [2.24, 2.45) is 0 Å². The molecule has 31 heavy (non-hydrogen) atoms. The summed E-state index contributed by atoms with van der Waals surface area (Å²) in [7, 11) is 0. The van der Waals surface area contributed by atoms with Crippen LogP contribution >= 0.6 is 15.9 Å². The molecule has 1 amide bonds. The zero-order valence-corrected chi connectivity index (χ0v) is 18.7. The van der Waals surface area contributed by atoms with E-state index in [-0.39, 0.29) is 5.91 Å². The number of pyridine rings is 2. The van der Waals surface area contributed by atoms with Gasteiger partial charge in [0.15, 0.2) is 0 Å². The summed E-state index contributed by atoms with van der Waals surface area (Å²) < 4.78 is 6.66. The van der Waals surface area contributed by atoms with Crippen LogP contribution in [0.25, 0.3) is 11.2 Å². The highest BCUT2D eigenvalue weighted by Crippen LogP contribution is 2.18. The predicted molar refractivity (Wildman–Crippen MR) is 120 cm³/mol. The summed E-state index contributed by atoms with van der Waals surface area (Å²) in [5.41, 5.74) is 6.35. The van der Waals surface area contributed by atoms with Crippen molar-refractivity contribution in [2.45, 2.75) is 26.9 Å². The first-order valence-electron chi connectivity index (χ1n) is 9.83. The van der Waals surface area contributed by atoms with Crippen molar-refractivity contribution in [3.8, 4) is 0 Å². The van der Waals surface area contributed by atoms with Gasteiger partial charge in [-0.15, -0.1) is 0 Å². The minimum absolute atomic E-state index is 0.186. The van der Waals surface area contributed by atoms with E-state index in [0.717, 1.165) is 38.2 Å². The Labute approximate surface area is 186 Å². The van der Waals surface area contributed by atoms with Gasteiger partial charge in [0.2, 0.25) is 0 Å². The molecular weight excluding hydrogens is 458 g/mol. The smallest absolute Gasteiger partial charge is 0.254 e. The highest BCUT2D eigenvalue weighted by molar-refractivity contribution is 9.10. The normalized spacial score (nSPS) is 11.5. The van der Waals surface area contributed by atoms with Gasteiger partial charge in [-0.1, -0.05) is 0 Å². The van der Waals surface area contributed by atoms with Gasteiger partial charge in [-0.25, -0.2) is 9.97 Å². The fourth-order valence-electron chi connectivity index (χ4n) is 3.52. The van der Waals surface area contributed by atoms with Crippen LogP contribution < -0.4 is 5.32 Å². The van der Waals surface area contributed by atoms with Crippen LogP contribution in [0.1, 0.15) is 32.9 Å². The second kappa shape index (κ2) is 7.66. The first kappa shape index (κ1) is 19.5. The van der Waals surface area contributed by atoms with Gasteiger partial charge in [0.25, 0.3) is 5.91 Å². The van der Waals surface area contributed by atoms with E-state index in [0.29, 0.717) is 18.7 Å². The van der Waals surface area contributed by atoms with Crippen molar-refractivity contribution in [2.75, 3.05) is 0 Å². The zero-order valence-electron chi connectivity index (χ0n) is 17.1. The molecule has 0 aliphatic rings. The Kier molecular flexibility index (Phi) is 4.82. The molecule has 5 aromatic rings. The van der Waals surface area contributed by atoms with Gasteiger partial charge < -0.3 is 14.1 Å². The molecule has 156 valence electrons. The number of carbonyl (C=O) groups is 1. The molecule has 5 rings (SSSR count). The third kappa shape index (κ3) is 3.84. The topological polar surface area (TPSA) is 81.5 Å². The van der Waals surface area contributed by atoms with Crippen LogP contribution in [0, 0.1) is 13.8 Å². The van der Waals surface area contributed by atoms with Crippen molar-refractivity contribution >= 4 is 33.0 Å². The molecule has 8 nitrogen and oxygen atoms in total. The van der Waals surface area contributed by atoms with Crippen LogP contribution in [0.4, 0.5) is 0 Å². The SMILES string of the molecule is Cc1ccn2cnc(CNC(=O)c3cnn(Cc4cn5cc(Br)c(C)cc5n4)c3)c2c1. The molecule has 0 radical (unpaired) electrons. The van der Waals surface area contributed by atoms with E-state index < -0.39 is 0 Å². The molecule has 0 aliphatic heterocycles. The van der Waals surface area contributed by atoms with Crippen molar-refractivity contribution in [3.63, 3.8) is 0 Å². The summed E-state index contributed by atoms with van der Waals surface area (Å²) in [6.07, 6.45) is 11.0. The zero-order chi connectivity index (χ0) is 21.5. The summed E-state index contributed by atoms with van der Waals surface area (Å²) in [5, 5.41) is 7.25. The van der Waals surface area contributed by atoms with E-state index in [1.165, 1.54) is 0 Å². The molecular formula is C22H20BrN7O. The lowest BCUT2D eigenvalue weighted by atomic mass is 10.2. The summed E-state index contributed by atoms with van der Waals surface area (Å²) in [6.45, 7) is 4.90. The molecule has 0 aliphatic carbocycles. The van der Waals surface area contributed by atoms with Crippen LogP contribution in [0.2, 0.25) is 0 Å². The van der Waals surface area contributed by atoms with Gasteiger partial charge in [-0.05, 0) is 59.1 Å². The predicted octanol–water partition coefficient (Wildman–Crippen LogP) is 3.54. The number of hydrogen-bond donors (Lipinski definition) is 1. The lowest BCUT2D eigenvalue weighted by molar-refractivity contribution is 0.0950. The van der Waals surface area contributed by atoms with E-state index in [1.807, 2.05) is 53.4 Å². The third-order valence-electron chi connectivity index (χ3n) is 5.20. The Morgan fingerprint density at radius 1 is 1.16 bits per heavy atom. The minimum atomic E-state index is -0.186. The molecule has 5 aromatic heterocycles. The number of rotatable bonds is 5. The quantitative estimate of drug-likeness (QED) is 0.419. The van der Waals surface area contributed by atoms with Crippen molar-refractivity contribution < 1.29 is 4.79 Å². The number of aromatic nitrogens is 6. The standard InChI is InChI=1S/C22H20BrN7O/c1-14-3-4-28-13-25-19(20(28)5-14)8-24-22(31)16-7-26-30(9-16)11-17-10-29-12-18(23)15(2)6-21(29)27-17/h3-7,9-10,12-13H,8,11H2,1-2H3,(H,24,31).